The molecule has 0 aromatic carbocycles. The maximum absolute atomic E-state index is 10.0. The summed E-state index contributed by atoms with van der Waals surface area (Å²) in [7, 11) is 0. The van der Waals surface area contributed by atoms with Gasteiger partial charge in [-0.3, -0.25) is 0 Å². The zero-order valence-electron chi connectivity index (χ0n) is 10.0. The molecule has 2 rings (SSSR count). The van der Waals surface area contributed by atoms with Crippen LogP contribution in [0.5, 0.6) is 0 Å². The van der Waals surface area contributed by atoms with E-state index in [4.69, 9.17) is 0 Å². The summed E-state index contributed by atoms with van der Waals surface area (Å²) in [4.78, 5) is 5.54. The summed E-state index contributed by atoms with van der Waals surface area (Å²) in [6.07, 6.45) is 5.89. The first-order valence-corrected chi connectivity index (χ1v) is 6.88. The maximum Gasteiger partial charge on any atom is 0.111 e. The number of aliphatic hydroxyl groups excluding tert-OH is 1. The van der Waals surface area contributed by atoms with Gasteiger partial charge in [0, 0.05) is 36.7 Å². The molecule has 2 aromatic heterocycles. The van der Waals surface area contributed by atoms with Crippen LogP contribution in [0.1, 0.15) is 24.0 Å². The fourth-order valence-corrected chi connectivity index (χ4v) is 2.70. The van der Waals surface area contributed by atoms with Gasteiger partial charge in [-0.25, -0.2) is 4.98 Å². The monoisotopic (exact) mass is 250 g/mol. The van der Waals surface area contributed by atoms with E-state index in [1.165, 1.54) is 4.88 Å². The van der Waals surface area contributed by atoms with Crippen LogP contribution >= 0.6 is 11.3 Å². The van der Waals surface area contributed by atoms with Crippen molar-refractivity contribution >= 4 is 11.3 Å². The Morgan fingerprint density at radius 1 is 1.47 bits per heavy atom. The largest absolute Gasteiger partial charge is 0.392 e. The van der Waals surface area contributed by atoms with Crippen molar-refractivity contribution in [1.29, 1.82) is 0 Å². The molecule has 1 N–H and O–H groups in total. The molecule has 0 saturated carbocycles. The maximum atomic E-state index is 10.0. The van der Waals surface area contributed by atoms with Gasteiger partial charge in [0.1, 0.15) is 5.82 Å². The Labute approximate surface area is 106 Å². The van der Waals surface area contributed by atoms with E-state index in [0.29, 0.717) is 6.42 Å². The zero-order chi connectivity index (χ0) is 12.1. The molecule has 2 heterocycles. The van der Waals surface area contributed by atoms with Crippen molar-refractivity contribution in [1.82, 2.24) is 9.55 Å². The summed E-state index contributed by atoms with van der Waals surface area (Å²) in [6.45, 7) is 3.12. The second-order valence-corrected chi connectivity index (χ2v) is 5.21. The molecule has 2 aromatic rings. The molecule has 0 radical (unpaired) electrons. The molecular formula is C13H18N2OS. The van der Waals surface area contributed by atoms with Gasteiger partial charge in [0.2, 0.25) is 0 Å². The molecule has 0 aliphatic rings. The molecule has 3 nitrogen and oxygen atoms in total. The van der Waals surface area contributed by atoms with Crippen molar-refractivity contribution < 1.29 is 5.11 Å². The second kappa shape index (κ2) is 5.98. The SMILES string of the molecule is CCCn1ccnc1CC(O)Cc1cccs1. The van der Waals surface area contributed by atoms with Crippen LogP contribution in [0.25, 0.3) is 0 Å². The molecule has 1 atom stereocenters. The van der Waals surface area contributed by atoms with E-state index in [0.717, 1.165) is 25.2 Å². The zero-order valence-corrected chi connectivity index (χ0v) is 10.9. The molecule has 0 spiro atoms. The number of hydrogen-bond acceptors (Lipinski definition) is 3. The van der Waals surface area contributed by atoms with Crippen molar-refractivity contribution in [2.45, 2.75) is 38.8 Å². The Kier molecular flexibility index (Phi) is 4.34. The van der Waals surface area contributed by atoms with Crippen LogP contribution in [-0.4, -0.2) is 20.8 Å². The van der Waals surface area contributed by atoms with E-state index in [1.807, 2.05) is 23.8 Å². The lowest BCUT2D eigenvalue weighted by molar-refractivity contribution is 0.172. The quantitative estimate of drug-likeness (QED) is 0.855. The minimum absolute atomic E-state index is 0.341. The molecule has 17 heavy (non-hydrogen) atoms. The average molecular weight is 250 g/mol. The van der Waals surface area contributed by atoms with Gasteiger partial charge in [-0.15, -0.1) is 11.3 Å². The highest BCUT2D eigenvalue weighted by atomic mass is 32.1. The summed E-state index contributed by atoms with van der Waals surface area (Å²) in [5, 5.41) is 12.1. The van der Waals surface area contributed by atoms with Gasteiger partial charge in [-0.1, -0.05) is 13.0 Å². The lowest BCUT2D eigenvalue weighted by Gasteiger charge is -2.11. The summed E-state index contributed by atoms with van der Waals surface area (Å²) < 4.78 is 2.12. The van der Waals surface area contributed by atoms with E-state index in [1.54, 1.807) is 11.3 Å². The summed E-state index contributed by atoms with van der Waals surface area (Å²) in [5.41, 5.74) is 0. The van der Waals surface area contributed by atoms with Gasteiger partial charge in [-0.05, 0) is 17.9 Å². The highest BCUT2D eigenvalue weighted by molar-refractivity contribution is 7.09. The third kappa shape index (κ3) is 3.41. The summed E-state index contributed by atoms with van der Waals surface area (Å²) >= 11 is 1.69. The van der Waals surface area contributed by atoms with Gasteiger partial charge in [-0.2, -0.15) is 0 Å². The molecule has 0 amide bonds. The van der Waals surface area contributed by atoms with E-state index >= 15 is 0 Å². The molecule has 0 bridgehead atoms. The van der Waals surface area contributed by atoms with Crippen LogP contribution in [0.2, 0.25) is 0 Å². The minimum Gasteiger partial charge on any atom is -0.392 e. The topological polar surface area (TPSA) is 38.0 Å². The van der Waals surface area contributed by atoms with E-state index in [9.17, 15) is 5.11 Å². The second-order valence-electron chi connectivity index (χ2n) is 4.18. The number of aryl methyl sites for hydroxylation is 1. The van der Waals surface area contributed by atoms with E-state index in [-0.39, 0.29) is 6.10 Å². The number of hydrogen-bond donors (Lipinski definition) is 1. The molecule has 0 fully saturated rings. The number of aliphatic hydroxyl groups is 1. The molecular weight excluding hydrogens is 232 g/mol. The highest BCUT2D eigenvalue weighted by Crippen LogP contribution is 2.13. The molecule has 0 aliphatic heterocycles. The summed E-state index contributed by atoms with van der Waals surface area (Å²) in [6, 6.07) is 4.08. The molecule has 0 aliphatic carbocycles. The van der Waals surface area contributed by atoms with Crippen LogP contribution in [-0.2, 0) is 19.4 Å². The molecule has 4 heteroatoms. The number of nitrogens with zero attached hydrogens (tertiary/aromatic N) is 2. The first-order valence-electron chi connectivity index (χ1n) is 6.00. The van der Waals surface area contributed by atoms with Crippen LogP contribution in [0, 0.1) is 0 Å². The highest BCUT2D eigenvalue weighted by Gasteiger charge is 2.11. The lowest BCUT2D eigenvalue weighted by Crippen LogP contribution is -2.16. The van der Waals surface area contributed by atoms with Crippen molar-refractivity contribution in [3.05, 3.63) is 40.6 Å². The van der Waals surface area contributed by atoms with Gasteiger partial charge < -0.3 is 9.67 Å². The third-order valence-corrected chi connectivity index (χ3v) is 3.60. The van der Waals surface area contributed by atoms with Crippen LogP contribution in [0.3, 0.4) is 0 Å². The van der Waals surface area contributed by atoms with Crippen molar-refractivity contribution in [2.75, 3.05) is 0 Å². The average Bonchev–Trinajstić information content (AvgIpc) is 2.92. The Morgan fingerprint density at radius 2 is 2.35 bits per heavy atom. The van der Waals surface area contributed by atoms with Gasteiger partial charge in [0.25, 0.3) is 0 Å². The van der Waals surface area contributed by atoms with Crippen molar-refractivity contribution in [3.63, 3.8) is 0 Å². The Morgan fingerprint density at radius 3 is 3.06 bits per heavy atom. The Balaban J connectivity index is 1.93. The fourth-order valence-electron chi connectivity index (χ4n) is 1.92. The predicted octanol–water partition coefficient (Wildman–Crippen LogP) is 2.50. The Hall–Kier alpha value is -1.13. The van der Waals surface area contributed by atoms with Crippen LogP contribution in [0.15, 0.2) is 29.9 Å². The number of thiophene rings is 1. The van der Waals surface area contributed by atoms with Gasteiger partial charge in [0.05, 0.1) is 6.10 Å². The molecule has 92 valence electrons. The van der Waals surface area contributed by atoms with Gasteiger partial charge in [0.15, 0.2) is 0 Å². The first kappa shape index (κ1) is 12.3. The number of aromatic nitrogens is 2. The number of rotatable bonds is 6. The summed E-state index contributed by atoms with van der Waals surface area (Å²) in [5.74, 6) is 0.982. The minimum atomic E-state index is -0.341. The third-order valence-electron chi connectivity index (χ3n) is 2.70. The lowest BCUT2D eigenvalue weighted by atomic mass is 10.1. The van der Waals surface area contributed by atoms with Crippen LogP contribution < -0.4 is 0 Å². The Bertz CT molecular complexity index is 436. The molecule has 1 unspecified atom stereocenters. The standard InChI is InChI=1S/C13H18N2OS/c1-2-6-15-7-5-14-13(15)10-11(16)9-12-4-3-8-17-12/h3-5,7-8,11,16H,2,6,9-10H2,1H3. The first-order chi connectivity index (χ1) is 8.29. The van der Waals surface area contributed by atoms with Crippen molar-refractivity contribution in [3.8, 4) is 0 Å². The molecule has 0 saturated heterocycles. The smallest absolute Gasteiger partial charge is 0.111 e. The van der Waals surface area contributed by atoms with Crippen LogP contribution in [0.4, 0.5) is 0 Å². The van der Waals surface area contributed by atoms with Gasteiger partial charge >= 0.3 is 0 Å². The normalized spacial score (nSPS) is 12.8. The number of imidazole rings is 1. The van der Waals surface area contributed by atoms with Crippen molar-refractivity contribution in [2.24, 2.45) is 0 Å². The fraction of sp³-hybridized carbons (Fsp3) is 0.462. The predicted molar refractivity (Wildman–Crippen MR) is 70.3 cm³/mol. The van der Waals surface area contributed by atoms with E-state index < -0.39 is 0 Å². The van der Waals surface area contributed by atoms with E-state index in [2.05, 4.69) is 22.5 Å².